The lowest BCUT2D eigenvalue weighted by Crippen LogP contribution is -2.19. The lowest BCUT2D eigenvalue weighted by molar-refractivity contribution is 0.0977. The summed E-state index contributed by atoms with van der Waals surface area (Å²) in [5.41, 5.74) is 6.16. The Morgan fingerprint density at radius 2 is 2.50 bits per heavy atom. The van der Waals surface area contributed by atoms with Crippen molar-refractivity contribution < 1.29 is 4.79 Å². The highest BCUT2D eigenvalue weighted by molar-refractivity contribution is 7.14. The van der Waals surface area contributed by atoms with Gasteiger partial charge in [-0.3, -0.25) is 4.79 Å². The van der Waals surface area contributed by atoms with Crippen molar-refractivity contribution in [3.05, 3.63) is 21.3 Å². The molecule has 0 saturated heterocycles. The van der Waals surface area contributed by atoms with Gasteiger partial charge in [-0.15, -0.1) is 11.3 Å². The summed E-state index contributed by atoms with van der Waals surface area (Å²) in [6, 6.07) is 1.59. The molecule has 0 saturated carbocycles. The Kier molecular flexibility index (Phi) is 3.26. The first-order valence-corrected chi connectivity index (χ1v) is 4.88. The van der Waals surface area contributed by atoms with E-state index in [1.807, 2.05) is 6.92 Å². The van der Waals surface area contributed by atoms with Gasteiger partial charge in [0.25, 0.3) is 0 Å². The number of rotatable bonds is 3. The topological polar surface area (TPSA) is 43.1 Å². The Morgan fingerprint density at radius 3 is 2.92 bits per heavy atom. The fourth-order valence-electron chi connectivity index (χ4n) is 0.867. The molecule has 0 aliphatic heterocycles. The number of carbonyl (C=O) groups is 1. The normalized spacial score (nSPS) is 12.9. The Hall–Kier alpha value is -0.380. The van der Waals surface area contributed by atoms with Crippen molar-refractivity contribution >= 4 is 28.7 Å². The first kappa shape index (κ1) is 9.71. The van der Waals surface area contributed by atoms with E-state index in [9.17, 15) is 4.79 Å². The van der Waals surface area contributed by atoms with Gasteiger partial charge in [0.1, 0.15) is 0 Å². The third-order valence-electron chi connectivity index (χ3n) is 1.40. The second-order valence-corrected chi connectivity index (χ2v) is 4.29. The molecule has 0 radical (unpaired) electrons. The van der Waals surface area contributed by atoms with Crippen LogP contribution in [0, 0.1) is 0 Å². The van der Waals surface area contributed by atoms with E-state index in [1.54, 1.807) is 11.4 Å². The summed E-state index contributed by atoms with van der Waals surface area (Å²) < 4.78 is 0.642. The maximum absolute atomic E-state index is 11.3. The fourth-order valence-corrected chi connectivity index (χ4v) is 1.75. The summed E-state index contributed by atoms with van der Waals surface area (Å²) in [6.07, 6.45) is 0.382. The molecule has 0 amide bonds. The first-order valence-electron chi connectivity index (χ1n) is 3.62. The van der Waals surface area contributed by atoms with E-state index in [0.717, 1.165) is 0 Å². The Morgan fingerprint density at radius 1 is 1.83 bits per heavy atom. The quantitative estimate of drug-likeness (QED) is 0.767. The molecular weight excluding hydrogens is 194 g/mol. The zero-order chi connectivity index (χ0) is 9.14. The van der Waals surface area contributed by atoms with Crippen molar-refractivity contribution in [1.82, 2.24) is 0 Å². The molecular formula is C8H10ClNOS. The average molecular weight is 204 g/mol. The fraction of sp³-hybridized carbons (Fsp3) is 0.375. The molecule has 2 N–H and O–H groups in total. The van der Waals surface area contributed by atoms with Gasteiger partial charge in [0.2, 0.25) is 0 Å². The van der Waals surface area contributed by atoms with Crippen LogP contribution in [0.25, 0.3) is 0 Å². The molecule has 1 aromatic rings. The van der Waals surface area contributed by atoms with Crippen molar-refractivity contribution in [2.45, 2.75) is 19.4 Å². The van der Waals surface area contributed by atoms with Crippen LogP contribution in [0.2, 0.25) is 4.34 Å². The van der Waals surface area contributed by atoms with E-state index in [4.69, 9.17) is 17.3 Å². The molecule has 66 valence electrons. The van der Waals surface area contributed by atoms with E-state index >= 15 is 0 Å². The van der Waals surface area contributed by atoms with Gasteiger partial charge >= 0.3 is 0 Å². The zero-order valence-corrected chi connectivity index (χ0v) is 8.28. The molecule has 1 rings (SSSR count). The third kappa shape index (κ3) is 2.59. The number of hydrogen-bond acceptors (Lipinski definition) is 3. The Balaban J connectivity index is 2.65. The van der Waals surface area contributed by atoms with Crippen LogP contribution in [0.15, 0.2) is 11.4 Å². The van der Waals surface area contributed by atoms with Gasteiger partial charge < -0.3 is 5.73 Å². The molecule has 12 heavy (non-hydrogen) atoms. The minimum absolute atomic E-state index is 0.0631. The van der Waals surface area contributed by atoms with Crippen molar-refractivity contribution in [3.8, 4) is 0 Å². The number of nitrogens with two attached hydrogens (primary N) is 1. The van der Waals surface area contributed by atoms with Crippen molar-refractivity contribution in [1.29, 1.82) is 0 Å². The number of Topliss-reactive ketones (excluding diaryl/α,β-unsaturated/α-hetero) is 1. The second-order valence-electron chi connectivity index (χ2n) is 2.74. The number of carbonyl (C=O) groups excluding carboxylic acids is 1. The number of halogens is 1. The molecule has 0 fully saturated rings. The summed E-state index contributed by atoms with van der Waals surface area (Å²) >= 11 is 7.04. The molecule has 1 atom stereocenters. The monoisotopic (exact) mass is 203 g/mol. The molecule has 1 unspecified atom stereocenters. The van der Waals surface area contributed by atoms with Crippen molar-refractivity contribution in [2.24, 2.45) is 5.73 Å². The van der Waals surface area contributed by atoms with Gasteiger partial charge in [-0.1, -0.05) is 11.6 Å². The van der Waals surface area contributed by atoms with Crippen LogP contribution in [-0.2, 0) is 0 Å². The van der Waals surface area contributed by atoms with Gasteiger partial charge in [-0.25, -0.2) is 0 Å². The number of thiophene rings is 1. The molecule has 1 aromatic heterocycles. The first-order chi connectivity index (χ1) is 5.59. The molecule has 1 heterocycles. The van der Waals surface area contributed by atoms with Crippen LogP contribution in [0.4, 0.5) is 0 Å². The molecule has 4 heteroatoms. The van der Waals surface area contributed by atoms with Crippen LogP contribution >= 0.6 is 22.9 Å². The summed E-state index contributed by atoms with van der Waals surface area (Å²) in [5, 5.41) is 1.76. The average Bonchev–Trinajstić information content (AvgIpc) is 2.34. The molecule has 0 aliphatic carbocycles. The lowest BCUT2D eigenvalue weighted by atomic mass is 10.1. The van der Waals surface area contributed by atoms with Crippen molar-refractivity contribution in [2.75, 3.05) is 0 Å². The maximum Gasteiger partial charge on any atom is 0.165 e. The van der Waals surface area contributed by atoms with Crippen LogP contribution in [-0.4, -0.2) is 11.8 Å². The van der Waals surface area contributed by atoms with E-state index < -0.39 is 0 Å². The van der Waals surface area contributed by atoms with Crippen LogP contribution in [0.3, 0.4) is 0 Å². The standard InChI is InChI=1S/C8H10ClNOS/c1-5(10)2-7(11)6-3-8(9)12-4-6/h3-5H,2,10H2,1H3. The van der Waals surface area contributed by atoms with Gasteiger partial charge in [0.05, 0.1) is 4.34 Å². The third-order valence-corrected chi connectivity index (χ3v) is 2.49. The van der Waals surface area contributed by atoms with Crippen LogP contribution in [0.1, 0.15) is 23.7 Å². The summed E-state index contributed by atoms with van der Waals surface area (Å²) in [7, 11) is 0. The minimum Gasteiger partial charge on any atom is -0.328 e. The lowest BCUT2D eigenvalue weighted by Gasteiger charge is -2.00. The Bertz CT molecular complexity index is 282. The molecule has 0 aliphatic rings. The van der Waals surface area contributed by atoms with Crippen LogP contribution in [0.5, 0.6) is 0 Å². The zero-order valence-electron chi connectivity index (χ0n) is 6.71. The highest BCUT2D eigenvalue weighted by Gasteiger charge is 2.09. The van der Waals surface area contributed by atoms with E-state index in [0.29, 0.717) is 16.3 Å². The largest absolute Gasteiger partial charge is 0.328 e. The number of hydrogen-bond donors (Lipinski definition) is 1. The van der Waals surface area contributed by atoms with Crippen LogP contribution < -0.4 is 5.73 Å². The van der Waals surface area contributed by atoms with E-state index in [1.165, 1.54) is 11.3 Å². The molecule has 2 nitrogen and oxygen atoms in total. The van der Waals surface area contributed by atoms with Crippen molar-refractivity contribution in [3.63, 3.8) is 0 Å². The highest BCUT2D eigenvalue weighted by atomic mass is 35.5. The minimum atomic E-state index is -0.0869. The van der Waals surface area contributed by atoms with Gasteiger partial charge in [0.15, 0.2) is 5.78 Å². The summed E-state index contributed by atoms with van der Waals surface area (Å²) in [5.74, 6) is 0.0631. The SMILES string of the molecule is CC(N)CC(=O)c1csc(Cl)c1. The maximum atomic E-state index is 11.3. The van der Waals surface area contributed by atoms with Gasteiger partial charge in [-0.2, -0.15) is 0 Å². The molecule has 0 bridgehead atoms. The molecule has 0 spiro atoms. The summed E-state index contributed by atoms with van der Waals surface area (Å²) in [6.45, 7) is 1.81. The van der Waals surface area contributed by atoms with E-state index in [2.05, 4.69) is 0 Å². The molecule has 0 aromatic carbocycles. The number of ketones is 1. The predicted molar refractivity (Wildman–Crippen MR) is 51.9 cm³/mol. The van der Waals surface area contributed by atoms with Gasteiger partial charge in [0, 0.05) is 23.4 Å². The summed E-state index contributed by atoms with van der Waals surface area (Å²) in [4.78, 5) is 11.3. The van der Waals surface area contributed by atoms with Gasteiger partial charge in [-0.05, 0) is 13.0 Å². The van der Waals surface area contributed by atoms with E-state index in [-0.39, 0.29) is 11.8 Å². The second kappa shape index (κ2) is 4.03. The smallest absolute Gasteiger partial charge is 0.165 e. The predicted octanol–water partition coefficient (Wildman–Crippen LogP) is 2.32. The Labute approximate surface area is 80.3 Å². The highest BCUT2D eigenvalue weighted by Crippen LogP contribution is 2.21.